The zero-order valence-corrected chi connectivity index (χ0v) is 13.3. The first-order valence-electron chi connectivity index (χ1n) is 6.75. The molecule has 1 aromatic heterocycles. The van der Waals surface area contributed by atoms with Crippen molar-refractivity contribution in [3.05, 3.63) is 17.3 Å². The Morgan fingerprint density at radius 1 is 1.45 bits per heavy atom. The fourth-order valence-electron chi connectivity index (χ4n) is 2.41. The first-order chi connectivity index (χ1) is 9.42. The van der Waals surface area contributed by atoms with E-state index in [0.29, 0.717) is 17.4 Å². The van der Waals surface area contributed by atoms with Crippen molar-refractivity contribution in [2.24, 2.45) is 5.41 Å². The van der Waals surface area contributed by atoms with E-state index in [1.54, 1.807) is 7.05 Å². The van der Waals surface area contributed by atoms with Gasteiger partial charge in [-0.25, -0.2) is 18.1 Å². The van der Waals surface area contributed by atoms with Crippen molar-refractivity contribution in [2.75, 3.05) is 18.9 Å². The van der Waals surface area contributed by atoms with E-state index in [0.717, 1.165) is 19.3 Å². The Morgan fingerprint density at radius 2 is 2.15 bits per heavy atom. The van der Waals surface area contributed by atoms with Gasteiger partial charge in [-0.15, -0.1) is 0 Å². The summed E-state index contributed by atoms with van der Waals surface area (Å²) in [6, 6.07) is 1.42. The molecule has 0 saturated heterocycles. The van der Waals surface area contributed by atoms with Crippen molar-refractivity contribution in [2.45, 2.75) is 37.5 Å². The predicted molar refractivity (Wildman–Crippen MR) is 80.6 cm³/mol. The van der Waals surface area contributed by atoms with Crippen LogP contribution >= 0.6 is 11.6 Å². The van der Waals surface area contributed by atoms with Crippen LogP contribution in [-0.4, -0.2) is 27.0 Å². The van der Waals surface area contributed by atoms with Gasteiger partial charge in [-0.3, -0.25) is 0 Å². The Labute approximate surface area is 125 Å². The highest BCUT2D eigenvalue weighted by molar-refractivity contribution is 7.89. The molecule has 7 heteroatoms. The topological polar surface area (TPSA) is 71.1 Å². The van der Waals surface area contributed by atoms with Crippen molar-refractivity contribution < 1.29 is 8.42 Å². The standard InChI is InChI=1S/C13H20ClN3O2S/c1-3-13(5-4-6-13)9-17-20(18,19)10-7-11(14)12(15-2)16-8-10/h7-8,17H,3-6,9H2,1-2H3,(H,15,16). The van der Waals surface area contributed by atoms with E-state index in [4.69, 9.17) is 11.6 Å². The molecule has 1 heterocycles. The number of nitrogens with one attached hydrogen (secondary N) is 2. The van der Waals surface area contributed by atoms with Gasteiger partial charge in [0.05, 0.1) is 5.02 Å². The first kappa shape index (κ1) is 15.5. The third kappa shape index (κ3) is 3.07. The highest BCUT2D eigenvalue weighted by Crippen LogP contribution is 2.43. The van der Waals surface area contributed by atoms with Gasteiger partial charge >= 0.3 is 0 Å². The molecule has 112 valence electrons. The van der Waals surface area contributed by atoms with Gasteiger partial charge < -0.3 is 5.32 Å². The molecular weight excluding hydrogens is 298 g/mol. The van der Waals surface area contributed by atoms with Gasteiger partial charge in [0.1, 0.15) is 10.7 Å². The Kier molecular flexibility index (Phi) is 4.56. The molecule has 1 aromatic rings. The van der Waals surface area contributed by atoms with Gasteiger partial charge in [-0.05, 0) is 30.7 Å². The van der Waals surface area contributed by atoms with E-state index in [1.807, 2.05) is 0 Å². The third-order valence-corrected chi connectivity index (χ3v) is 5.82. The quantitative estimate of drug-likeness (QED) is 0.846. The highest BCUT2D eigenvalue weighted by atomic mass is 35.5. The molecule has 0 unspecified atom stereocenters. The van der Waals surface area contributed by atoms with Crippen LogP contribution in [0.5, 0.6) is 0 Å². The number of aromatic nitrogens is 1. The summed E-state index contributed by atoms with van der Waals surface area (Å²) >= 11 is 5.97. The molecule has 2 N–H and O–H groups in total. The number of pyridine rings is 1. The molecule has 1 saturated carbocycles. The maximum atomic E-state index is 12.3. The lowest BCUT2D eigenvalue weighted by molar-refractivity contribution is 0.133. The maximum Gasteiger partial charge on any atom is 0.242 e. The van der Waals surface area contributed by atoms with Crippen LogP contribution in [0.1, 0.15) is 32.6 Å². The number of nitrogens with zero attached hydrogens (tertiary/aromatic N) is 1. The largest absolute Gasteiger partial charge is 0.372 e. The normalized spacial score (nSPS) is 17.6. The summed E-state index contributed by atoms with van der Waals surface area (Å²) in [5.74, 6) is 0.467. The molecule has 20 heavy (non-hydrogen) atoms. The van der Waals surface area contributed by atoms with Crippen molar-refractivity contribution >= 4 is 27.4 Å². The molecule has 1 fully saturated rings. The summed E-state index contributed by atoms with van der Waals surface area (Å²) in [5.41, 5.74) is 0.134. The molecule has 0 radical (unpaired) electrons. The van der Waals surface area contributed by atoms with Crippen LogP contribution in [0.3, 0.4) is 0 Å². The van der Waals surface area contributed by atoms with Crippen molar-refractivity contribution in [3.63, 3.8) is 0 Å². The Balaban J connectivity index is 2.12. The fourth-order valence-corrected chi connectivity index (χ4v) is 3.87. The second-order valence-corrected chi connectivity index (χ2v) is 7.46. The van der Waals surface area contributed by atoms with Crippen molar-refractivity contribution in [1.82, 2.24) is 9.71 Å². The van der Waals surface area contributed by atoms with E-state index in [2.05, 4.69) is 21.9 Å². The van der Waals surface area contributed by atoms with E-state index in [1.165, 1.54) is 18.7 Å². The number of hydrogen-bond acceptors (Lipinski definition) is 4. The van der Waals surface area contributed by atoms with E-state index in [-0.39, 0.29) is 10.3 Å². The molecule has 0 spiro atoms. The fraction of sp³-hybridized carbons (Fsp3) is 0.615. The molecular formula is C13H20ClN3O2S. The molecule has 0 bridgehead atoms. The van der Waals surface area contributed by atoms with Crippen LogP contribution in [0.2, 0.25) is 5.02 Å². The Morgan fingerprint density at radius 3 is 2.60 bits per heavy atom. The van der Waals surface area contributed by atoms with Crippen molar-refractivity contribution in [1.29, 1.82) is 0 Å². The summed E-state index contributed by atoms with van der Waals surface area (Å²) in [7, 11) is -1.87. The highest BCUT2D eigenvalue weighted by Gasteiger charge is 2.36. The van der Waals surface area contributed by atoms with Crippen LogP contribution in [0.15, 0.2) is 17.2 Å². The summed E-state index contributed by atoms with van der Waals surface area (Å²) in [6.45, 7) is 2.59. The average Bonchev–Trinajstić information content (AvgIpc) is 2.38. The molecule has 0 aliphatic heterocycles. The monoisotopic (exact) mass is 317 g/mol. The molecule has 2 rings (SSSR count). The lowest BCUT2D eigenvalue weighted by atomic mass is 9.67. The van der Waals surface area contributed by atoms with Crippen LogP contribution in [0.4, 0.5) is 5.82 Å². The molecule has 1 aliphatic carbocycles. The third-order valence-electron chi connectivity index (χ3n) is 4.16. The number of hydrogen-bond donors (Lipinski definition) is 2. The minimum Gasteiger partial charge on any atom is -0.372 e. The van der Waals surface area contributed by atoms with Crippen LogP contribution < -0.4 is 10.0 Å². The Hall–Kier alpha value is -0.850. The second kappa shape index (κ2) is 5.87. The van der Waals surface area contributed by atoms with Crippen molar-refractivity contribution in [3.8, 4) is 0 Å². The lowest BCUT2D eigenvalue weighted by Crippen LogP contribution is -2.41. The van der Waals surface area contributed by atoms with Crippen LogP contribution in [0.25, 0.3) is 0 Å². The molecule has 1 aliphatic rings. The van der Waals surface area contributed by atoms with Gasteiger partial charge in [0, 0.05) is 19.8 Å². The molecule has 0 aromatic carbocycles. The zero-order valence-electron chi connectivity index (χ0n) is 11.7. The van der Waals surface area contributed by atoms with Gasteiger partial charge in [0.15, 0.2) is 0 Å². The smallest absolute Gasteiger partial charge is 0.242 e. The lowest BCUT2D eigenvalue weighted by Gasteiger charge is -2.41. The first-order valence-corrected chi connectivity index (χ1v) is 8.61. The number of anilines is 1. The SMILES string of the molecule is CCC1(CNS(=O)(=O)c2cnc(NC)c(Cl)c2)CCC1. The van der Waals surface area contributed by atoms with Crippen LogP contribution in [-0.2, 0) is 10.0 Å². The average molecular weight is 318 g/mol. The van der Waals surface area contributed by atoms with Gasteiger partial charge in [-0.2, -0.15) is 0 Å². The van der Waals surface area contributed by atoms with Gasteiger partial charge in [0.2, 0.25) is 10.0 Å². The minimum atomic E-state index is -3.55. The Bertz CT molecular complexity index is 580. The summed E-state index contributed by atoms with van der Waals surface area (Å²) in [5, 5.41) is 3.09. The minimum absolute atomic E-state index is 0.104. The van der Waals surface area contributed by atoms with E-state index < -0.39 is 10.0 Å². The molecule has 0 atom stereocenters. The predicted octanol–water partition coefficient (Wildman–Crippen LogP) is 2.64. The second-order valence-electron chi connectivity index (χ2n) is 5.28. The zero-order chi connectivity index (χ0) is 14.8. The maximum absolute atomic E-state index is 12.3. The number of halogens is 1. The summed E-state index contributed by atoms with van der Waals surface area (Å²) in [6.07, 6.45) is 5.67. The van der Waals surface area contributed by atoms with Crippen LogP contribution in [0, 0.1) is 5.41 Å². The van der Waals surface area contributed by atoms with Gasteiger partial charge in [-0.1, -0.05) is 24.9 Å². The molecule has 0 amide bonds. The number of rotatable bonds is 6. The number of sulfonamides is 1. The van der Waals surface area contributed by atoms with E-state index in [9.17, 15) is 8.42 Å². The summed E-state index contributed by atoms with van der Waals surface area (Å²) < 4.78 is 27.2. The van der Waals surface area contributed by atoms with E-state index >= 15 is 0 Å². The van der Waals surface area contributed by atoms with Gasteiger partial charge in [0.25, 0.3) is 0 Å². The summed E-state index contributed by atoms with van der Waals surface area (Å²) in [4.78, 5) is 4.10. The molecule has 5 nitrogen and oxygen atoms in total.